The summed E-state index contributed by atoms with van der Waals surface area (Å²) < 4.78 is 30.0. The van der Waals surface area contributed by atoms with Crippen molar-refractivity contribution in [3.05, 3.63) is 53.1 Å². The average Bonchev–Trinajstić information content (AvgIpc) is 2.42. The van der Waals surface area contributed by atoms with Crippen LogP contribution in [0.4, 0.5) is 5.69 Å². The molecule has 0 fully saturated rings. The van der Waals surface area contributed by atoms with Crippen molar-refractivity contribution in [3.63, 3.8) is 0 Å². The summed E-state index contributed by atoms with van der Waals surface area (Å²) in [5.41, 5.74) is 6.66. The van der Waals surface area contributed by atoms with E-state index in [0.717, 1.165) is 0 Å². The highest BCUT2D eigenvalue weighted by molar-refractivity contribution is 7.90. The Bertz CT molecular complexity index is 729. The summed E-state index contributed by atoms with van der Waals surface area (Å²) in [5, 5.41) is 0.449. The number of anilines is 1. The first-order chi connectivity index (χ1) is 9.44. The Hall–Kier alpha value is -1.72. The van der Waals surface area contributed by atoms with Gasteiger partial charge >= 0.3 is 0 Å². The van der Waals surface area contributed by atoms with Crippen LogP contribution in [0.2, 0.25) is 5.02 Å². The number of halogens is 1. The fourth-order valence-corrected chi connectivity index (χ4v) is 3.61. The molecule has 0 aliphatic rings. The molecule has 0 aliphatic heterocycles. The Kier molecular flexibility index (Phi) is 4.20. The molecule has 2 aromatic rings. The summed E-state index contributed by atoms with van der Waals surface area (Å²) in [6, 6.07) is 11.3. The van der Waals surface area contributed by atoms with Crippen LogP contribution in [0, 0.1) is 0 Å². The van der Waals surface area contributed by atoms with Crippen LogP contribution < -0.4 is 10.5 Å². The van der Waals surface area contributed by atoms with Gasteiger partial charge in [-0.3, -0.25) is 0 Å². The van der Waals surface area contributed by atoms with Crippen molar-refractivity contribution >= 4 is 27.1 Å². The molecule has 2 aromatic carbocycles. The molecule has 0 heterocycles. The first-order valence-corrected chi connectivity index (χ1v) is 7.87. The molecule has 20 heavy (non-hydrogen) atoms. The summed E-state index contributed by atoms with van der Waals surface area (Å²) in [6.45, 7) is 0. The minimum atomic E-state index is -3.56. The van der Waals surface area contributed by atoms with Gasteiger partial charge < -0.3 is 10.5 Å². The highest BCUT2D eigenvalue weighted by Crippen LogP contribution is 2.28. The third kappa shape index (κ3) is 3.05. The topological polar surface area (TPSA) is 69.4 Å². The van der Waals surface area contributed by atoms with Crippen molar-refractivity contribution in [1.82, 2.24) is 0 Å². The van der Waals surface area contributed by atoms with Gasteiger partial charge in [-0.1, -0.05) is 23.7 Å². The maximum atomic E-state index is 12.5. The van der Waals surface area contributed by atoms with Crippen molar-refractivity contribution in [1.29, 1.82) is 0 Å². The molecular weight excluding hydrogens is 298 g/mol. The van der Waals surface area contributed by atoms with Gasteiger partial charge in [-0.05, 0) is 35.9 Å². The Balaban J connectivity index is 2.43. The summed E-state index contributed by atoms with van der Waals surface area (Å²) >= 11 is 5.88. The van der Waals surface area contributed by atoms with E-state index in [9.17, 15) is 8.42 Å². The molecule has 2 rings (SSSR count). The van der Waals surface area contributed by atoms with Crippen molar-refractivity contribution in [2.75, 3.05) is 12.8 Å². The molecule has 4 nitrogen and oxygen atoms in total. The molecule has 0 saturated heterocycles. The van der Waals surface area contributed by atoms with Crippen LogP contribution in [0.15, 0.2) is 47.4 Å². The lowest BCUT2D eigenvalue weighted by molar-refractivity contribution is 0.402. The van der Waals surface area contributed by atoms with Gasteiger partial charge in [0, 0.05) is 10.7 Å². The van der Waals surface area contributed by atoms with E-state index in [1.807, 2.05) is 0 Å². The molecule has 2 N–H and O–H groups in total. The molecule has 6 heteroatoms. The highest BCUT2D eigenvalue weighted by atomic mass is 35.5. The largest absolute Gasteiger partial charge is 0.495 e. The van der Waals surface area contributed by atoms with Gasteiger partial charge in [0.05, 0.1) is 12.9 Å². The Morgan fingerprint density at radius 3 is 2.60 bits per heavy atom. The van der Waals surface area contributed by atoms with Crippen molar-refractivity contribution in [2.45, 2.75) is 10.6 Å². The molecule has 0 unspecified atom stereocenters. The Morgan fingerprint density at radius 1 is 1.20 bits per heavy atom. The lowest BCUT2D eigenvalue weighted by Gasteiger charge is -2.11. The van der Waals surface area contributed by atoms with Crippen molar-refractivity contribution in [3.8, 4) is 5.75 Å². The predicted molar refractivity (Wildman–Crippen MR) is 79.7 cm³/mol. The number of ether oxygens (including phenoxy) is 1. The fourth-order valence-electron chi connectivity index (χ4n) is 1.86. The molecule has 0 aromatic heterocycles. The smallest absolute Gasteiger partial charge is 0.186 e. The first kappa shape index (κ1) is 14.7. The molecule has 0 atom stereocenters. The molecule has 0 aliphatic carbocycles. The number of rotatable bonds is 4. The zero-order valence-corrected chi connectivity index (χ0v) is 12.4. The second-order valence-corrected chi connectivity index (χ2v) is 6.65. The number of methoxy groups -OCH3 is 1. The molecule has 0 spiro atoms. The Labute approximate surface area is 123 Å². The van der Waals surface area contributed by atoms with E-state index >= 15 is 0 Å². The minimum Gasteiger partial charge on any atom is -0.495 e. The van der Waals surface area contributed by atoms with Crippen LogP contribution in [0.3, 0.4) is 0 Å². The summed E-state index contributed by atoms with van der Waals surface area (Å²) in [7, 11) is -2.13. The zero-order chi connectivity index (χ0) is 14.8. The SMILES string of the molecule is COc1ccccc1S(=O)(=O)Cc1cc(Cl)ccc1N. The standard InChI is InChI=1S/C14H14ClNO3S/c1-19-13-4-2-3-5-14(13)20(17,18)9-10-8-11(15)6-7-12(10)16/h2-8H,9,16H2,1H3. The molecule has 0 bridgehead atoms. The van der Waals surface area contributed by atoms with E-state index in [1.165, 1.54) is 13.2 Å². The number of sulfone groups is 1. The first-order valence-electron chi connectivity index (χ1n) is 5.84. The fraction of sp³-hybridized carbons (Fsp3) is 0.143. The quantitative estimate of drug-likeness (QED) is 0.881. The van der Waals surface area contributed by atoms with Gasteiger partial charge in [-0.15, -0.1) is 0 Å². The van der Waals surface area contributed by atoms with Crippen LogP contribution in [0.25, 0.3) is 0 Å². The molecule has 0 amide bonds. The van der Waals surface area contributed by atoms with Crippen molar-refractivity contribution < 1.29 is 13.2 Å². The number of benzene rings is 2. The van der Waals surface area contributed by atoms with Gasteiger partial charge in [0.2, 0.25) is 0 Å². The highest BCUT2D eigenvalue weighted by Gasteiger charge is 2.21. The molecular formula is C14H14ClNO3S. The van der Waals surface area contributed by atoms with Gasteiger partial charge in [0.15, 0.2) is 9.84 Å². The van der Waals surface area contributed by atoms with E-state index in [2.05, 4.69) is 0 Å². The summed E-state index contributed by atoms with van der Waals surface area (Å²) in [5.74, 6) is 0.0906. The van der Waals surface area contributed by atoms with Crippen LogP contribution >= 0.6 is 11.6 Å². The number of para-hydroxylation sites is 1. The van der Waals surface area contributed by atoms with E-state index in [0.29, 0.717) is 22.0 Å². The van der Waals surface area contributed by atoms with Crippen LogP contribution in [-0.4, -0.2) is 15.5 Å². The van der Waals surface area contributed by atoms with Crippen molar-refractivity contribution in [2.24, 2.45) is 0 Å². The zero-order valence-electron chi connectivity index (χ0n) is 10.8. The maximum Gasteiger partial charge on any atom is 0.186 e. The number of nitrogens with two attached hydrogens (primary N) is 1. The van der Waals surface area contributed by atoms with Gasteiger partial charge in [-0.2, -0.15) is 0 Å². The van der Waals surface area contributed by atoms with E-state index in [4.69, 9.17) is 22.1 Å². The average molecular weight is 312 g/mol. The van der Waals surface area contributed by atoms with Gasteiger partial charge in [0.1, 0.15) is 10.6 Å². The van der Waals surface area contributed by atoms with E-state index in [1.54, 1.807) is 36.4 Å². The molecule has 0 radical (unpaired) electrons. The monoisotopic (exact) mass is 311 g/mol. The maximum absolute atomic E-state index is 12.5. The van der Waals surface area contributed by atoms with Crippen LogP contribution in [0.5, 0.6) is 5.75 Å². The summed E-state index contributed by atoms with van der Waals surface area (Å²) in [4.78, 5) is 0.141. The lowest BCUT2D eigenvalue weighted by Crippen LogP contribution is -2.08. The van der Waals surface area contributed by atoms with Crippen LogP contribution in [0.1, 0.15) is 5.56 Å². The number of nitrogen functional groups attached to an aromatic ring is 1. The summed E-state index contributed by atoms with van der Waals surface area (Å²) in [6.07, 6.45) is 0. The van der Waals surface area contributed by atoms with Gasteiger partial charge in [0.25, 0.3) is 0 Å². The minimum absolute atomic E-state index is 0.141. The lowest BCUT2D eigenvalue weighted by atomic mass is 10.2. The Morgan fingerprint density at radius 2 is 1.90 bits per heavy atom. The van der Waals surface area contributed by atoms with Crippen LogP contribution in [-0.2, 0) is 15.6 Å². The third-order valence-electron chi connectivity index (χ3n) is 2.85. The number of hydrogen-bond donors (Lipinski definition) is 1. The van der Waals surface area contributed by atoms with E-state index < -0.39 is 9.84 Å². The third-order valence-corrected chi connectivity index (χ3v) is 4.79. The predicted octanol–water partition coefficient (Wildman–Crippen LogP) is 2.90. The normalized spacial score (nSPS) is 11.3. The molecule has 0 saturated carbocycles. The molecule has 106 valence electrons. The second-order valence-electron chi connectivity index (χ2n) is 4.25. The van der Waals surface area contributed by atoms with Gasteiger partial charge in [-0.25, -0.2) is 8.42 Å². The van der Waals surface area contributed by atoms with E-state index in [-0.39, 0.29) is 10.6 Å². The number of hydrogen-bond acceptors (Lipinski definition) is 4. The second kappa shape index (κ2) is 5.73.